The zero-order valence-electron chi connectivity index (χ0n) is 14.2. The van der Waals surface area contributed by atoms with E-state index < -0.39 is 11.9 Å². The molecule has 0 fully saturated rings. The topological polar surface area (TPSA) is 57.5 Å². The highest BCUT2D eigenvalue weighted by Gasteiger charge is 2.35. The first kappa shape index (κ1) is 16.1. The molecule has 5 heteroatoms. The Balaban J connectivity index is 2.37. The summed E-state index contributed by atoms with van der Waals surface area (Å²) in [4.78, 5) is 24.4. The highest BCUT2D eigenvalue weighted by atomic mass is 16.6. The van der Waals surface area contributed by atoms with E-state index in [4.69, 9.17) is 9.47 Å². The number of hydrogen-bond donors (Lipinski definition) is 0. The summed E-state index contributed by atoms with van der Waals surface area (Å²) in [6.45, 7) is 3.89. The van der Waals surface area contributed by atoms with Gasteiger partial charge in [-0.3, -0.25) is 0 Å². The lowest BCUT2D eigenvalue weighted by molar-refractivity contribution is -0.150. The van der Waals surface area contributed by atoms with Crippen molar-refractivity contribution < 1.29 is 19.1 Å². The van der Waals surface area contributed by atoms with E-state index in [1.165, 1.54) is 0 Å². The van der Waals surface area contributed by atoms with Gasteiger partial charge < -0.3 is 14.0 Å². The van der Waals surface area contributed by atoms with E-state index in [1.807, 2.05) is 49.7 Å². The van der Waals surface area contributed by atoms with Crippen LogP contribution in [0.5, 0.6) is 5.75 Å². The second-order valence-corrected chi connectivity index (χ2v) is 5.68. The maximum Gasteiger partial charge on any atom is 0.347 e. The maximum absolute atomic E-state index is 12.3. The van der Waals surface area contributed by atoms with Gasteiger partial charge in [-0.2, -0.15) is 0 Å². The summed E-state index contributed by atoms with van der Waals surface area (Å²) >= 11 is 0. The number of hydrogen-bond acceptors (Lipinski definition) is 4. The number of benzene rings is 1. The molecular formula is C19H19NO4. The molecule has 0 unspecified atom stereocenters. The van der Waals surface area contributed by atoms with Crippen LogP contribution in [0.1, 0.15) is 24.6 Å². The third kappa shape index (κ3) is 2.33. The molecule has 1 aromatic carbocycles. The zero-order valence-corrected chi connectivity index (χ0v) is 14.2. The molecule has 0 N–H and O–H groups in total. The molecule has 0 saturated heterocycles. The minimum absolute atomic E-state index is 0.306. The van der Waals surface area contributed by atoms with E-state index in [2.05, 4.69) is 0 Å². The van der Waals surface area contributed by atoms with Crippen LogP contribution in [0.2, 0.25) is 0 Å². The molecule has 1 aliphatic rings. The van der Waals surface area contributed by atoms with Crippen LogP contribution in [0, 0.1) is 6.92 Å². The number of carbonyl (C=O) groups is 2. The predicted octanol–water partition coefficient (Wildman–Crippen LogP) is 3.30. The summed E-state index contributed by atoms with van der Waals surface area (Å²) in [6.07, 6.45) is 4.28. The Kier molecular flexibility index (Phi) is 4.01. The summed E-state index contributed by atoms with van der Waals surface area (Å²) < 4.78 is 12.2. The SMILES string of the molecule is CC/C=C/C1=C(c2c(C)n(C)c3ccc(OC)cc23)C(=O)OC1=O. The molecule has 1 aromatic heterocycles. The van der Waals surface area contributed by atoms with Gasteiger partial charge in [0.25, 0.3) is 0 Å². The molecule has 0 bridgehead atoms. The third-order valence-electron chi connectivity index (χ3n) is 4.35. The summed E-state index contributed by atoms with van der Waals surface area (Å²) in [6, 6.07) is 5.69. The van der Waals surface area contributed by atoms with Crippen LogP contribution in [0.3, 0.4) is 0 Å². The summed E-state index contributed by atoms with van der Waals surface area (Å²) in [5.74, 6) is -0.508. The van der Waals surface area contributed by atoms with Gasteiger partial charge in [-0.25, -0.2) is 9.59 Å². The minimum Gasteiger partial charge on any atom is -0.497 e. The van der Waals surface area contributed by atoms with Crippen molar-refractivity contribution in [3.8, 4) is 5.75 Å². The smallest absolute Gasteiger partial charge is 0.347 e. The molecule has 0 radical (unpaired) electrons. The van der Waals surface area contributed by atoms with Crippen LogP contribution in [0.4, 0.5) is 0 Å². The van der Waals surface area contributed by atoms with Crippen LogP contribution < -0.4 is 4.74 Å². The number of methoxy groups -OCH3 is 1. The van der Waals surface area contributed by atoms with Crippen LogP contribution in [0.25, 0.3) is 16.5 Å². The second kappa shape index (κ2) is 6.00. The molecule has 0 amide bonds. The van der Waals surface area contributed by atoms with E-state index in [0.717, 1.165) is 28.6 Å². The van der Waals surface area contributed by atoms with E-state index in [-0.39, 0.29) is 0 Å². The lowest BCUT2D eigenvalue weighted by Gasteiger charge is -2.03. The number of allylic oxidation sites excluding steroid dienone is 1. The van der Waals surface area contributed by atoms with Gasteiger partial charge in [-0.15, -0.1) is 0 Å². The average molecular weight is 325 g/mol. The quantitative estimate of drug-likeness (QED) is 0.639. The van der Waals surface area contributed by atoms with Gasteiger partial charge in [0.15, 0.2) is 0 Å². The molecule has 0 atom stereocenters. The summed E-state index contributed by atoms with van der Waals surface area (Å²) in [5, 5.41) is 0.860. The first-order chi connectivity index (χ1) is 11.5. The Morgan fingerprint density at radius 3 is 2.67 bits per heavy atom. The predicted molar refractivity (Wildman–Crippen MR) is 91.7 cm³/mol. The Morgan fingerprint density at radius 1 is 1.25 bits per heavy atom. The molecule has 24 heavy (non-hydrogen) atoms. The molecule has 1 aliphatic heterocycles. The van der Waals surface area contributed by atoms with Gasteiger partial charge in [-0.1, -0.05) is 19.1 Å². The van der Waals surface area contributed by atoms with E-state index >= 15 is 0 Å². The summed E-state index contributed by atoms with van der Waals surface area (Å²) in [5.41, 5.74) is 3.20. The fraction of sp³-hybridized carbons (Fsp3) is 0.263. The highest BCUT2D eigenvalue weighted by molar-refractivity contribution is 6.34. The number of carbonyl (C=O) groups excluding carboxylic acids is 2. The van der Waals surface area contributed by atoms with Crippen LogP contribution in [-0.2, 0) is 21.4 Å². The van der Waals surface area contributed by atoms with Crippen molar-refractivity contribution in [2.75, 3.05) is 7.11 Å². The van der Waals surface area contributed by atoms with Gasteiger partial charge in [0.1, 0.15) is 5.75 Å². The summed E-state index contributed by atoms with van der Waals surface area (Å²) in [7, 11) is 3.52. The number of aryl methyl sites for hydroxylation is 1. The van der Waals surface area contributed by atoms with E-state index in [1.54, 1.807) is 13.2 Å². The van der Waals surface area contributed by atoms with Crippen molar-refractivity contribution in [3.63, 3.8) is 0 Å². The van der Waals surface area contributed by atoms with Crippen molar-refractivity contribution in [1.82, 2.24) is 4.57 Å². The first-order valence-corrected chi connectivity index (χ1v) is 7.80. The van der Waals surface area contributed by atoms with Crippen molar-refractivity contribution in [2.45, 2.75) is 20.3 Å². The van der Waals surface area contributed by atoms with Gasteiger partial charge in [0, 0.05) is 29.2 Å². The molecule has 0 spiro atoms. The largest absolute Gasteiger partial charge is 0.497 e. The highest BCUT2D eigenvalue weighted by Crippen LogP contribution is 2.38. The first-order valence-electron chi connectivity index (χ1n) is 7.80. The normalized spacial score (nSPS) is 15.0. The second-order valence-electron chi connectivity index (χ2n) is 5.68. The molecule has 2 heterocycles. The van der Waals surface area contributed by atoms with E-state index in [0.29, 0.717) is 16.9 Å². The fourth-order valence-corrected chi connectivity index (χ4v) is 3.02. The Morgan fingerprint density at radius 2 is 2.00 bits per heavy atom. The molecule has 3 rings (SSSR count). The Hall–Kier alpha value is -2.82. The molecule has 0 aliphatic carbocycles. The van der Waals surface area contributed by atoms with Crippen LogP contribution in [-0.4, -0.2) is 23.6 Å². The zero-order chi connectivity index (χ0) is 17.4. The third-order valence-corrected chi connectivity index (χ3v) is 4.35. The molecule has 0 saturated carbocycles. The molecule has 124 valence electrons. The van der Waals surface area contributed by atoms with Gasteiger partial charge in [0.2, 0.25) is 0 Å². The van der Waals surface area contributed by atoms with Crippen molar-refractivity contribution >= 4 is 28.4 Å². The molecule has 5 nitrogen and oxygen atoms in total. The van der Waals surface area contributed by atoms with Gasteiger partial charge >= 0.3 is 11.9 Å². The number of ether oxygens (including phenoxy) is 2. The van der Waals surface area contributed by atoms with Crippen molar-refractivity contribution in [2.24, 2.45) is 7.05 Å². The number of aromatic nitrogens is 1. The Labute approximate surface area is 140 Å². The monoisotopic (exact) mass is 325 g/mol. The average Bonchev–Trinajstić information content (AvgIpc) is 2.98. The van der Waals surface area contributed by atoms with Crippen LogP contribution >= 0.6 is 0 Å². The van der Waals surface area contributed by atoms with Crippen molar-refractivity contribution in [1.29, 1.82) is 0 Å². The maximum atomic E-state index is 12.3. The van der Waals surface area contributed by atoms with Gasteiger partial charge in [0.05, 0.1) is 18.3 Å². The number of rotatable bonds is 4. The minimum atomic E-state index is -0.603. The van der Waals surface area contributed by atoms with Crippen LogP contribution in [0.15, 0.2) is 35.9 Å². The van der Waals surface area contributed by atoms with E-state index in [9.17, 15) is 9.59 Å². The number of cyclic esters (lactones) is 2. The number of fused-ring (bicyclic) bond motifs is 1. The lowest BCUT2D eigenvalue weighted by atomic mass is 9.98. The van der Waals surface area contributed by atoms with Crippen molar-refractivity contribution in [3.05, 3.63) is 47.2 Å². The molecular weight excluding hydrogens is 306 g/mol. The molecule has 2 aromatic rings. The Bertz CT molecular complexity index is 915. The lowest BCUT2D eigenvalue weighted by Crippen LogP contribution is -2.02. The fourth-order valence-electron chi connectivity index (χ4n) is 3.02. The standard InChI is InChI=1S/C19H19NO4/c1-5-6-7-13-17(19(22)24-18(13)21)16-11(2)20(3)15-9-8-12(23-4)10-14(15)16/h6-10H,5H2,1-4H3/b7-6+. The number of nitrogens with zero attached hydrogens (tertiary/aromatic N) is 1. The van der Waals surface area contributed by atoms with Gasteiger partial charge in [-0.05, 0) is 31.5 Å². The number of esters is 2.